The van der Waals surface area contributed by atoms with Gasteiger partial charge in [0.1, 0.15) is 5.69 Å². The van der Waals surface area contributed by atoms with Crippen molar-refractivity contribution in [3.63, 3.8) is 0 Å². The fraction of sp³-hybridized carbons (Fsp3) is 0.455. The molecule has 1 saturated carbocycles. The van der Waals surface area contributed by atoms with E-state index in [2.05, 4.69) is 41.2 Å². The Bertz CT molecular complexity index is 1020. The van der Waals surface area contributed by atoms with E-state index in [1.165, 1.54) is 0 Å². The number of carbonyl (C=O) groups is 1. The van der Waals surface area contributed by atoms with Gasteiger partial charge in [-0.1, -0.05) is 20.8 Å². The van der Waals surface area contributed by atoms with Crippen LogP contribution in [0.5, 0.6) is 0 Å². The summed E-state index contributed by atoms with van der Waals surface area (Å²) in [5.41, 5.74) is 10.2. The van der Waals surface area contributed by atoms with Gasteiger partial charge in [0.05, 0.1) is 18.1 Å². The molecule has 7 nitrogen and oxygen atoms in total. The zero-order valence-electron chi connectivity index (χ0n) is 17.2. The highest BCUT2D eigenvalue weighted by atomic mass is 16.1. The second-order valence-electron chi connectivity index (χ2n) is 8.52. The van der Waals surface area contributed by atoms with Crippen LogP contribution in [0.4, 0.5) is 5.69 Å². The molecular weight excluding hydrogens is 364 g/mol. The van der Waals surface area contributed by atoms with E-state index >= 15 is 0 Å². The number of rotatable bonds is 4. The lowest BCUT2D eigenvalue weighted by molar-refractivity contribution is 0.102. The summed E-state index contributed by atoms with van der Waals surface area (Å²) in [7, 11) is 0. The molecular formula is C22H28N6O. The minimum absolute atomic E-state index is 0.195. The van der Waals surface area contributed by atoms with Crippen LogP contribution in [0, 0.1) is 5.92 Å². The Morgan fingerprint density at radius 1 is 1.24 bits per heavy atom. The van der Waals surface area contributed by atoms with Crippen molar-refractivity contribution >= 4 is 17.2 Å². The van der Waals surface area contributed by atoms with Crippen molar-refractivity contribution < 1.29 is 4.79 Å². The van der Waals surface area contributed by atoms with Crippen LogP contribution in [-0.4, -0.2) is 31.5 Å². The Morgan fingerprint density at radius 2 is 2.07 bits per heavy atom. The first kappa shape index (κ1) is 19.5. The van der Waals surface area contributed by atoms with Crippen LogP contribution in [0.3, 0.4) is 0 Å². The number of nitrogens with zero attached hydrogens (tertiary/aromatic N) is 4. The lowest BCUT2D eigenvalue weighted by atomic mass is 9.76. The Labute approximate surface area is 170 Å². The maximum absolute atomic E-state index is 13.0. The molecule has 7 heteroatoms. The third-order valence-electron chi connectivity index (χ3n) is 5.77. The van der Waals surface area contributed by atoms with Gasteiger partial charge in [-0.3, -0.25) is 9.78 Å². The summed E-state index contributed by atoms with van der Waals surface area (Å²) >= 11 is 0. The third kappa shape index (κ3) is 4.00. The van der Waals surface area contributed by atoms with Gasteiger partial charge in [-0.2, -0.15) is 5.10 Å². The number of fused-ring (bicyclic) bond motifs is 1. The summed E-state index contributed by atoms with van der Waals surface area (Å²) in [6.07, 6.45) is 10.1. The molecule has 3 aromatic heterocycles. The molecule has 3 aromatic rings. The molecule has 0 aliphatic heterocycles. The Balaban J connectivity index is 1.61. The second kappa shape index (κ2) is 7.91. The lowest BCUT2D eigenvalue weighted by Gasteiger charge is -2.32. The van der Waals surface area contributed by atoms with E-state index in [-0.39, 0.29) is 17.9 Å². The van der Waals surface area contributed by atoms with Crippen LogP contribution < -0.4 is 11.1 Å². The first-order chi connectivity index (χ1) is 13.9. The van der Waals surface area contributed by atoms with Crippen molar-refractivity contribution in [2.45, 2.75) is 57.9 Å². The van der Waals surface area contributed by atoms with E-state index < -0.39 is 0 Å². The van der Waals surface area contributed by atoms with Crippen LogP contribution in [0.1, 0.15) is 73.5 Å². The third-order valence-corrected chi connectivity index (χ3v) is 5.77. The molecule has 1 aliphatic carbocycles. The number of hydrogen-bond acceptors (Lipinski definition) is 5. The summed E-state index contributed by atoms with van der Waals surface area (Å²) in [6.45, 7) is 6.41. The molecule has 0 unspecified atom stereocenters. The smallest absolute Gasteiger partial charge is 0.274 e. The zero-order valence-corrected chi connectivity index (χ0v) is 17.2. The predicted molar refractivity (Wildman–Crippen MR) is 113 cm³/mol. The van der Waals surface area contributed by atoms with E-state index in [1.807, 2.05) is 6.07 Å². The van der Waals surface area contributed by atoms with E-state index in [1.54, 1.807) is 35.4 Å². The standard InChI is InChI=1S/C22H28N6O/c1-13(2)18-11-25-28-7-5-19(26-21(18)28)22(29)27-20-12-24-6-4-17(20)15-8-14(3)9-16(23)10-15/h4-7,11-16H,8-10,23H2,1-3H3,(H,27,29)/t14-,15+,16+/m0/s1. The van der Waals surface area contributed by atoms with Crippen LogP contribution in [0.2, 0.25) is 0 Å². The molecule has 0 bridgehead atoms. The summed E-state index contributed by atoms with van der Waals surface area (Å²) < 4.78 is 1.70. The Hall–Kier alpha value is -2.80. The normalized spacial score (nSPS) is 22.2. The van der Waals surface area contributed by atoms with Gasteiger partial charge in [-0.15, -0.1) is 0 Å². The van der Waals surface area contributed by atoms with Gasteiger partial charge in [0, 0.05) is 24.0 Å². The van der Waals surface area contributed by atoms with Crippen molar-refractivity contribution in [1.82, 2.24) is 19.6 Å². The summed E-state index contributed by atoms with van der Waals surface area (Å²) in [4.78, 5) is 21.8. The molecule has 1 fully saturated rings. The Kier molecular flexibility index (Phi) is 5.32. The fourth-order valence-corrected chi connectivity index (χ4v) is 4.38. The van der Waals surface area contributed by atoms with Crippen LogP contribution in [0.25, 0.3) is 5.65 Å². The fourth-order valence-electron chi connectivity index (χ4n) is 4.38. The number of nitrogens with one attached hydrogen (secondary N) is 1. The van der Waals surface area contributed by atoms with Gasteiger partial charge >= 0.3 is 0 Å². The molecule has 0 spiro atoms. The second-order valence-corrected chi connectivity index (χ2v) is 8.52. The van der Waals surface area contributed by atoms with Gasteiger partial charge in [0.25, 0.3) is 5.91 Å². The number of aromatic nitrogens is 4. The van der Waals surface area contributed by atoms with Gasteiger partial charge < -0.3 is 11.1 Å². The molecule has 3 heterocycles. The molecule has 0 aromatic carbocycles. The molecule has 29 heavy (non-hydrogen) atoms. The molecule has 0 radical (unpaired) electrons. The van der Waals surface area contributed by atoms with Crippen molar-refractivity contribution in [2.75, 3.05) is 5.32 Å². The average molecular weight is 393 g/mol. The maximum Gasteiger partial charge on any atom is 0.274 e. The van der Waals surface area contributed by atoms with E-state index in [0.29, 0.717) is 23.2 Å². The van der Waals surface area contributed by atoms with Crippen LogP contribution >= 0.6 is 0 Å². The van der Waals surface area contributed by atoms with Gasteiger partial charge in [-0.25, -0.2) is 9.50 Å². The highest BCUT2D eigenvalue weighted by molar-refractivity contribution is 6.03. The maximum atomic E-state index is 13.0. The summed E-state index contributed by atoms with van der Waals surface area (Å²) in [5, 5.41) is 7.34. The topological polar surface area (TPSA) is 98.2 Å². The summed E-state index contributed by atoms with van der Waals surface area (Å²) in [5.74, 6) is 0.928. The van der Waals surface area contributed by atoms with Gasteiger partial charge in [-0.05, 0) is 54.7 Å². The SMILES string of the molecule is CC(C)c1cnn2ccc(C(=O)Nc3cnccc3[C@@H]3C[C@H](C)C[C@@H](N)C3)nc12. The quantitative estimate of drug-likeness (QED) is 0.705. The van der Waals surface area contributed by atoms with E-state index in [0.717, 1.165) is 36.1 Å². The minimum atomic E-state index is -0.245. The average Bonchev–Trinajstić information content (AvgIpc) is 3.11. The zero-order chi connectivity index (χ0) is 20.5. The molecule has 3 atom stereocenters. The number of amides is 1. The minimum Gasteiger partial charge on any atom is -0.328 e. The van der Waals surface area contributed by atoms with Gasteiger partial charge in [0.15, 0.2) is 5.65 Å². The highest BCUT2D eigenvalue weighted by Gasteiger charge is 2.27. The van der Waals surface area contributed by atoms with Crippen molar-refractivity contribution in [3.8, 4) is 0 Å². The monoisotopic (exact) mass is 392 g/mol. The first-order valence-corrected chi connectivity index (χ1v) is 10.3. The van der Waals surface area contributed by atoms with E-state index in [4.69, 9.17) is 5.73 Å². The highest BCUT2D eigenvalue weighted by Crippen LogP contribution is 2.38. The molecule has 3 N–H and O–H groups in total. The Morgan fingerprint density at radius 3 is 2.83 bits per heavy atom. The number of carbonyl (C=O) groups excluding carboxylic acids is 1. The molecule has 1 aliphatic rings. The molecule has 152 valence electrons. The van der Waals surface area contributed by atoms with Crippen molar-refractivity contribution in [1.29, 1.82) is 0 Å². The largest absolute Gasteiger partial charge is 0.328 e. The van der Waals surface area contributed by atoms with E-state index in [9.17, 15) is 4.79 Å². The number of anilines is 1. The van der Waals surface area contributed by atoms with Crippen LogP contribution in [0.15, 0.2) is 36.9 Å². The molecule has 0 saturated heterocycles. The van der Waals surface area contributed by atoms with Crippen LogP contribution in [-0.2, 0) is 0 Å². The number of pyridine rings is 1. The number of hydrogen-bond donors (Lipinski definition) is 2. The van der Waals surface area contributed by atoms with Crippen molar-refractivity contribution in [3.05, 3.63) is 53.7 Å². The number of nitrogens with two attached hydrogens (primary N) is 1. The predicted octanol–water partition coefficient (Wildman–Crippen LogP) is 3.73. The molecule has 1 amide bonds. The summed E-state index contributed by atoms with van der Waals surface area (Å²) in [6, 6.07) is 3.88. The van der Waals surface area contributed by atoms with Crippen molar-refractivity contribution in [2.24, 2.45) is 11.7 Å². The molecule has 4 rings (SSSR count). The lowest BCUT2D eigenvalue weighted by Crippen LogP contribution is -2.31. The van der Waals surface area contributed by atoms with Gasteiger partial charge in [0.2, 0.25) is 0 Å². The first-order valence-electron chi connectivity index (χ1n) is 10.3.